The molecule has 1 fully saturated rings. The minimum Gasteiger partial charge on any atom is -0.290 e. The number of aromatic nitrogens is 1. The first-order valence-corrected chi connectivity index (χ1v) is 10.6. The molecule has 0 spiro atoms. The molecule has 1 unspecified atom stereocenters. The number of thiazole rings is 1. The van der Waals surface area contributed by atoms with Crippen molar-refractivity contribution in [1.29, 1.82) is 0 Å². The predicted molar refractivity (Wildman–Crippen MR) is 108 cm³/mol. The van der Waals surface area contributed by atoms with E-state index in [4.69, 9.17) is 4.98 Å². The van der Waals surface area contributed by atoms with Crippen LogP contribution >= 0.6 is 22.7 Å². The maximum atomic E-state index is 12.2. The van der Waals surface area contributed by atoms with E-state index in [1.807, 2.05) is 41.7 Å². The Labute approximate surface area is 161 Å². The molecule has 1 aliphatic heterocycles. The monoisotopic (exact) mass is 383 g/mol. The molecule has 4 nitrogen and oxygen atoms in total. The number of likely N-dealkylation sites (tertiary alicyclic amines) is 1. The zero-order chi connectivity index (χ0) is 17.9. The van der Waals surface area contributed by atoms with Crippen molar-refractivity contribution in [2.45, 2.75) is 32.4 Å². The fourth-order valence-corrected chi connectivity index (χ4v) is 5.28. The summed E-state index contributed by atoms with van der Waals surface area (Å²) < 4.78 is 0. The van der Waals surface area contributed by atoms with Gasteiger partial charge in [0.15, 0.2) is 5.13 Å². The van der Waals surface area contributed by atoms with E-state index >= 15 is 0 Å². The molecular formula is C20H21N3OS2. The van der Waals surface area contributed by atoms with Gasteiger partial charge in [0.25, 0.3) is 0 Å². The van der Waals surface area contributed by atoms with Crippen molar-refractivity contribution in [3.63, 3.8) is 0 Å². The first-order valence-electron chi connectivity index (χ1n) is 8.80. The van der Waals surface area contributed by atoms with Crippen LogP contribution in [0.5, 0.6) is 0 Å². The van der Waals surface area contributed by atoms with Crippen molar-refractivity contribution >= 4 is 39.4 Å². The van der Waals surface area contributed by atoms with Gasteiger partial charge in [0, 0.05) is 29.8 Å². The number of anilines is 2. The molecular weight excluding hydrogens is 362 g/mol. The zero-order valence-electron chi connectivity index (χ0n) is 14.7. The summed E-state index contributed by atoms with van der Waals surface area (Å²) in [5, 5.41) is 4.97. The molecule has 0 aliphatic carbocycles. The molecule has 2 aromatic heterocycles. The molecule has 0 saturated carbocycles. The molecule has 134 valence electrons. The summed E-state index contributed by atoms with van der Waals surface area (Å²) in [5.74, 6) is -0.0188. The van der Waals surface area contributed by atoms with Gasteiger partial charge in [-0.3, -0.25) is 14.6 Å². The van der Waals surface area contributed by atoms with Crippen LogP contribution in [0.1, 0.15) is 36.4 Å². The summed E-state index contributed by atoms with van der Waals surface area (Å²) in [4.78, 5) is 22.6. The summed E-state index contributed by atoms with van der Waals surface area (Å²) in [5.41, 5.74) is 1.90. The Bertz CT molecular complexity index is 860. The van der Waals surface area contributed by atoms with Crippen LogP contribution < -0.4 is 4.90 Å². The summed E-state index contributed by atoms with van der Waals surface area (Å²) >= 11 is 3.37. The van der Waals surface area contributed by atoms with Crippen molar-refractivity contribution in [2.24, 2.45) is 0 Å². The number of nitrogens with zero attached hydrogens (tertiary/aromatic N) is 3. The quantitative estimate of drug-likeness (QED) is 0.605. The van der Waals surface area contributed by atoms with E-state index in [1.54, 1.807) is 11.8 Å². The minimum absolute atomic E-state index is 0.0188. The Morgan fingerprint density at radius 1 is 1.23 bits per heavy atom. The highest BCUT2D eigenvalue weighted by atomic mass is 32.1. The number of para-hydroxylation sites is 1. The van der Waals surface area contributed by atoms with E-state index in [2.05, 4.69) is 27.8 Å². The van der Waals surface area contributed by atoms with Crippen LogP contribution in [-0.4, -0.2) is 22.3 Å². The first kappa shape index (κ1) is 17.4. The van der Waals surface area contributed by atoms with Crippen molar-refractivity contribution < 1.29 is 4.79 Å². The molecule has 0 N–H and O–H groups in total. The van der Waals surface area contributed by atoms with E-state index in [-0.39, 0.29) is 5.91 Å². The lowest BCUT2D eigenvalue weighted by molar-refractivity contribution is -0.115. The molecule has 1 atom stereocenters. The number of benzene rings is 1. The van der Waals surface area contributed by atoms with Gasteiger partial charge in [-0.25, -0.2) is 4.98 Å². The summed E-state index contributed by atoms with van der Waals surface area (Å²) in [6.07, 6.45) is 2.43. The number of amides is 1. The van der Waals surface area contributed by atoms with E-state index in [0.717, 1.165) is 29.6 Å². The van der Waals surface area contributed by atoms with Gasteiger partial charge in [0.05, 0.1) is 11.4 Å². The largest absolute Gasteiger partial charge is 0.290 e. The topological polar surface area (TPSA) is 36.4 Å². The highest BCUT2D eigenvalue weighted by Gasteiger charge is 2.27. The van der Waals surface area contributed by atoms with Crippen LogP contribution in [0.2, 0.25) is 0 Å². The predicted octanol–water partition coefficient (Wildman–Crippen LogP) is 5.23. The lowest BCUT2D eigenvalue weighted by Gasteiger charge is -2.22. The SMILES string of the molecule is CC(=O)N(c1ccccc1)c1nc(CN2CCCC2c2cccs2)cs1. The number of thiophene rings is 1. The second-order valence-electron chi connectivity index (χ2n) is 6.46. The van der Waals surface area contributed by atoms with Crippen LogP contribution in [0.3, 0.4) is 0 Å². The summed E-state index contributed by atoms with van der Waals surface area (Å²) in [6, 6.07) is 14.6. The molecule has 1 saturated heterocycles. The first-order chi connectivity index (χ1) is 12.7. The lowest BCUT2D eigenvalue weighted by Crippen LogP contribution is -2.24. The van der Waals surface area contributed by atoms with Crippen molar-refractivity contribution in [2.75, 3.05) is 11.4 Å². The third-order valence-corrected chi connectivity index (χ3v) is 6.51. The standard InChI is InChI=1S/C20H21N3OS2/c1-15(24)23(17-7-3-2-4-8-17)20-21-16(14-26-20)13-22-11-5-9-18(22)19-10-6-12-25-19/h2-4,6-8,10,12,14,18H,5,9,11,13H2,1H3. The summed E-state index contributed by atoms with van der Waals surface area (Å²) in [6.45, 7) is 3.52. The van der Waals surface area contributed by atoms with Gasteiger partial charge in [-0.2, -0.15) is 0 Å². The molecule has 1 amide bonds. The minimum atomic E-state index is -0.0188. The van der Waals surface area contributed by atoms with E-state index in [1.165, 1.54) is 29.1 Å². The molecule has 0 radical (unpaired) electrons. The van der Waals surface area contributed by atoms with Gasteiger partial charge in [-0.1, -0.05) is 24.3 Å². The zero-order valence-corrected chi connectivity index (χ0v) is 16.3. The second-order valence-corrected chi connectivity index (χ2v) is 8.27. The Balaban J connectivity index is 1.53. The fraction of sp³-hybridized carbons (Fsp3) is 0.300. The highest BCUT2D eigenvalue weighted by molar-refractivity contribution is 7.14. The molecule has 1 aliphatic rings. The van der Waals surface area contributed by atoms with Crippen molar-refractivity contribution in [1.82, 2.24) is 9.88 Å². The number of rotatable bonds is 5. The van der Waals surface area contributed by atoms with E-state index in [9.17, 15) is 4.79 Å². The third kappa shape index (κ3) is 3.58. The second kappa shape index (κ2) is 7.70. The normalized spacial score (nSPS) is 17.5. The van der Waals surface area contributed by atoms with E-state index < -0.39 is 0 Å². The Hall–Kier alpha value is -2.02. The number of hydrogen-bond donors (Lipinski definition) is 0. The van der Waals surface area contributed by atoms with E-state index in [0.29, 0.717) is 6.04 Å². The van der Waals surface area contributed by atoms with Gasteiger partial charge < -0.3 is 0 Å². The fourth-order valence-electron chi connectivity index (χ4n) is 3.50. The Kier molecular flexibility index (Phi) is 5.15. The van der Waals surface area contributed by atoms with Crippen LogP contribution in [0.4, 0.5) is 10.8 Å². The molecule has 26 heavy (non-hydrogen) atoms. The van der Waals surface area contributed by atoms with Crippen molar-refractivity contribution in [3.8, 4) is 0 Å². The lowest BCUT2D eigenvalue weighted by atomic mass is 10.2. The van der Waals surface area contributed by atoms with Gasteiger partial charge in [0.2, 0.25) is 5.91 Å². The molecule has 6 heteroatoms. The van der Waals surface area contributed by atoms with Gasteiger partial charge in [-0.05, 0) is 43.0 Å². The van der Waals surface area contributed by atoms with Crippen LogP contribution in [0, 0.1) is 0 Å². The van der Waals surface area contributed by atoms with Crippen LogP contribution in [-0.2, 0) is 11.3 Å². The average Bonchev–Trinajstić information content (AvgIpc) is 3.38. The van der Waals surface area contributed by atoms with Gasteiger partial charge in [0.1, 0.15) is 0 Å². The highest BCUT2D eigenvalue weighted by Crippen LogP contribution is 2.36. The van der Waals surface area contributed by atoms with Crippen LogP contribution in [0.15, 0.2) is 53.2 Å². The van der Waals surface area contributed by atoms with Gasteiger partial charge in [-0.15, -0.1) is 22.7 Å². The Morgan fingerprint density at radius 3 is 2.81 bits per heavy atom. The third-order valence-electron chi connectivity index (χ3n) is 4.66. The number of carbonyl (C=O) groups is 1. The number of carbonyl (C=O) groups excluding carboxylic acids is 1. The summed E-state index contributed by atoms with van der Waals surface area (Å²) in [7, 11) is 0. The molecule has 3 aromatic rings. The molecule has 4 rings (SSSR count). The maximum Gasteiger partial charge on any atom is 0.230 e. The molecule has 0 bridgehead atoms. The van der Waals surface area contributed by atoms with Gasteiger partial charge >= 0.3 is 0 Å². The Morgan fingerprint density at radius 2 is 2.08 bits per heavy atom. The molecule has 1 aromatic carbocycles. The smallest absolute Gasteiger partial charge is 0.230 e. The maximum absolute atomic E-state index is 12.2. The van der Waals surface area contributed by atoms with Crippen molar-refractivity contribution in [3.05, 3.63) is 63.8 Å². The number of hydrogen-bond acceptors (Lipinski definition) is 5. The average molecular weight is 384 g/mol. The molecule has 3 heterocycles. The van der Waals surface area contributed by atoms with Crippen LogP contribution in [0.25, 0.3) is 0 Å².